The molecular formula is C15H12Cl2N2O3S. The van der Waals surface area contributed by atoms with Crippen LogP contribution in [0.4, 0.5) is 11.4 Å². The monoisotopic (exact) mass is 370 g/mol. The molecule has 2 rings (SSSR count). The fourth-order valence-corrected chi connectivity index (χ4v) is 2.83. The van der Waals surface area contributed by atoms with E-state index in [-0.39, 0.29) is 17.3 Å². The van der Waals surface area contributed by atoms with Crippen LogP contribution in [0.15, 0.2) is 42.5 Å². The Morgan fingerprint density at radius 2 is 1.83 bits per heavy atom. The van der Waals surface area contributed by atoms with E-state index in [0.717, 1.165) is 5.56 Å². The summed E-state index contributed by atoms with van der Waals surface area (Å²) in [5.41, 5.74) is 1.55. The van der Waals surface area contributed by atoms with Crippen molar-refractivity contribution in [1.82, 2.24) is 0 Å². The number of benzene rings is 2. The third-order valence-electron chi connectivity index (χ3n) is 2.85. The normalized spacial score (nSPS) is 10.3. The quantitative estimate of drug-likeness (QED) is 0.586. The summed E-state index contributed by atoms with van der Waals surface area (Å²) >= 11 is 13.1. The number of hydrogen-bond donors (Lipinski definition) is 1. The number of hydrogen-bond acceptors (Lipinski definition) is 4. The van der Waals surface area contributed by atoms with Gasteiger partial charge in [0, 0.05) is 23.6 Å². The molecule has 120 valence electrons. The number of rotatable bonds is 6. The maximum Gasteiger partial charge on any atom is 0.269 e. The summed E-state index contributed by atoms with van der Waals surface area (Å²) in [6, 6.07) is 11.1. The summed E-state index contributed by atoms with van der Waals surface area (Å²) in [6.45, 7) is 0. The van der Waals surface area contributed by atoms with Crippen molar-refractivity contribution < 1.29 is 9.72 Å². The Balaban J connectivity index is 1.80. The van der Waals surface area contributed by atoms with Crippen molar-refractivity contribution in [3.63, 3.8) is 0 Å². The van der Waals surface area contributed by atoms with Gasteiger partial charge in [-0.3, -0.25) is 14.9 Å². The number of carbonyl (C=O) groups is 1. The fraction of sp³-hybridized carbons (Fsp3) is 0.133. The summed E-state index contributed by atoms with van der Waals surface area (Å²) in [4.78, 5) is 22.0. The molecule has 0 spiro atoms. The van der Waals surface area contributed by atoms with Crippen molar-refractivity contribution in [3.05, 3.63) is 68.2 Å². The van der Waals surface area contributed by atoms with Gasteiger partial charge in [-0.25, -0.2) is 0 Å². The molecule has 0 heterocycles. The second-order valence-electron chi connectivity index (χ2n) is 4.59. The molecule has 0 fully saturated rings. The van der Waals surface area contributed by atoms with Crippen molar-refractivity contribution in [1.29, 1.82) is 0 Å². The minimum absolute atomic E-state index is 0.0520. The molecule has 0 bridgehead atoms. The van der Waals surface area contributed by atoms with Crippen LogP contribution < -0.4 is 5.32 Å². The van der Waals surface area contributed by atoms with E-state index < -0.39 is 4.92 Å². The Hall–Kier alpha value is -1.76. The largest absolute Gasteiger partial charge is 0.325 e. The number of amides is 1. The number of anilines is 1. The maximum atomic E-state index is 11.8. The van der Waals surface area contributed by atoms with Gasteiger partial charge in [0.15, 0.2) is 0 Å². The lowest BCUT2D eigenvalue weighted by Gasteiger charge is -2.06. The first-order valence-corrected chi connectivity index (χ1v) is 8.43. The molecule has 1 amide bonds. The van der Waals surface area contributed by atoms with Crippen LogP contribution in [-0.2, 0) is 10.5 Å². The van der Waals surface area contributed by atoms with Gasteiger partial charge in [0.2, 0.25) is 5.91 Å². The van der Waals surface area contributed by atoms with Gasteiger partial charge < -0.3 is 5.32 Å². The number of nitro benzene ring substituents is 1. The van der Waals surface area contributed by atoms with Crippen molar-refractivity contribution >= 4 is 52.2 Å². The third-order valence-corrected chi connectivity index (χ3v) is 4.60. The fourth-order valence-electron chi connectivity index (χ4n) is 1.75. The SMILES string of the molecule is O=C(CSCc1ccc([N+](=O)[O-])cc1)Nc1ccc(Cl)c(Cl)c1. The van der Waals surface area contributed by atoms with E-state index in [1.165, 1.54) is 23.9 Å². The van der Waals surface area contributed by atoms with Crippen LogP contribution >= 0.6 is 35.0 Å². The number of nitro groups is 1. The Bertz CT molecular complexity index is 723. The number of thioether (sulfide) groups is 1. The molecule has 0 saturated carbocycles. The molecule has 23 heavy (non-hydrogen) atoms. The molecule has 0 aliphatic rings. The van der Waals surface area contributed by atoms with Crippen LogP contribution in [0.2, 0.25) is 10.0 Å². The number of carbonyl (C=O) groups excluding carboxylic acids is 1. The molecule has 5 nitrogen and oxygen atoms in total. The number of halogens is 2. The molecule has 2 aromatic carbocycles. The van der Waals surface area contributed by atoms with E-state index in [9.17, 15) is 14.9 Å². The van der Waals surface area contributed by atoms with E-state index in [2.05, 4.69) is 5.32 Å². The Kier molecular flexibility index (Phi) is 6.27. The Morgan fingerprint density at radius 1 is 1.13 bits per heavy atom. The summed E-state index contributed by atoms with van der Waals surface area (Å²) in [5, 5.41) is 14.1. The Morgan fingerprint density at radius 3 is 2.43 bits per heavy atom. The molecule has 8 heteroatoms. The van der Waals surface area contributed by atoms with Crippen LogP contribution in [0.1, 0.15) is 5.56 Å². The molecule has 0 unspecified atom stereocenters. The number of non-ortho nitro benzene ring substituents is 1. The van der Waals surface area contributed by atoms with Crippen molar-refractivity contribution in [2.45, 2.75) is 5.75 Å². The van der Waals surface area contributed by atoms with Crippen LogP contribution in [0.3, 0.4) is 0 Å². The minimum Gasteiger partial charge on any atom is -0.325 e. The van der Waals surface area contributed by atoms with E-state index >= 15 is 0 Å². The summed E-state index contributed by atoms with van der Waals surface area (Å²) < 4.78 is 0. The van der Waals surface area contributed by atoms with Gasteiger partial charge in [0.1, 0.15) is 0 Å². The van der Waals surface area contributed by atoms with Gasteiger partial charge >= 0.3 is 0 Å². The van der Waals surface area contributed by atoms with Gasteiger partial charge in [0.25, 0.3) is 5.69 Å². The predicted octanol–water partition coefficient (Wildman–Crippen LogP) is 4.77. The molecule has 0 aromatic heterocycles. The highest BCUT2D eigenvalue weighted by Crippen LogP contribution is 2.25. The van der Waals surface area contributed by atoms with E-state index in [0.29, 0.717) is 21.5 Å². The first-order chi connectivity index (χ1) is 11.0. The predicted molar refractivity (Wildman–Crippen MR) is 94.4 cm³/mol. The highest BCUT2D eigenvalue weighted by Gasteiger charge is 2.07. The smallest absolute Gasteiger partial charge is 0.269 e. The van der Waals surface area contributed by atoms with Gasteiger partial charge in [-0.05, 0) is 23.8 Å². The highest BCUT2D eigenvalue weighted by molar-refractivity contribution is 7.99. The standard InChI is InChI=1S/C15H12Cl2N2O3S/c16-13-6-3-11(7-14(13)17)18-15(20)9-23-8-10-1-4-12(5-2-10)19(21)22/h1-7H,8-9H2,(H,18,20). The average Bonchev–Trinajstić information content (AvgIpc) is 2.51. The summed E-state index contributed by atoms with van der Waals surface area (Å²) in [5.74, 6) is 0.694. The molecule has 1 N–H and O–H groups in total. The van der Waals surface area contributed by atoms with Crippen LogP contribution in [0.5, 0.6) is 0 Å². The van der Waals surface area contributed by atoms with Crippen molar-refractivity contribution in [2.75, 3.05) is 11.1 Å². The van der Waals surface area contributed by atoms with Crippen molar-refractivity contribution in [2.24, 2.45) is 0 Å². The van der Waals surface area contributed by atoms with Gasteiger partial charge in [0.05, 0.1) is 20.7 Å². The zero-order chi connectivity index (χ0) is 16.8. The topological polar surface area (TPSA) is 72.2 Å². The lowest BCUT2D eigenvalue weighted by atomic mass is 10.2. The zero-order valence-corrected chi connectivity index (χ0v) is 14.1. The van der Waals surface area contributed by atoms with E-state index in [4.69, 9.17) is 23.2 Å². The average molecular weight is 371 g/mol. The van der Waals surface area contributed by atoms with Crippen LogP contribution in [-0.4, -0.2) is 16.6 Å². The minimum atomic E-state index is -0.443. The molecule has 2 aromatic rings. The zero-order valence-electron chi connectivity index (χ0n) is 11.8. The first-order valence-electron chi connectivity index (χ1n) is 6.51. The first kappa shape index (κ1) is 17.6. The van der Waals surface area contributed by atoms with E-state index in [1.807, 2.05) is 0 Å². The lowest BCUT2D eigenvalue weighted by Crippen LogP contribution is -2.14. The Labute approximate surface area is 147 Å². The molecule has 0 aliphatic heterocycles. The second kappa shape index (κ2) is 8.19. The van der Waals surface area contributed by atoms with Gasteiger partial charge in [-0.1, -0.05) is 35.3 Å². The van der Waals surface area contributed by atoms with E-state index in [1.54, 1.807) is 30.3 Å². The molecule has 0 atom stereocenters. The number of nitrogens with zero attached hydrogens (tertiary/aromatic N) is 1. The summed E-state index contributed by atoms with van der Waals surface area (Å²) in [6.07, 6.45) is 0. The third kappa shape index (κ3) is 5.42. The van der Waals surface area contributed by atoms with Crippen LogP contribution in [0.25, 0.3) is 0 Å². The van der Waals surface area contributed by atoms with Gasteiger partial charge in [-0.15, -0.1) is 11.8 Å². The number of nitrogens with one attached hydrogen (secondary N) is 1. The molecule has 0 aliphatic carbocycles. The maximum absolute atomic E-state index is 11.8. The molecular weight excluding hydrogens is 359 g/mol. The lowest BCUT2D eigenvalue weighted by molar-refractivity contribution is -0.384. The second-order valence-corrected chi connectivity index (χ2v) is 6.39. The summed E-state index contributed by atoms with van der Waals surface area (Å²) in [7, 11) is 0. The van der Waals surface area contributed by atoms with Crippen molar-refractivity contribution in [3.8, 4) is 0 Å². The molecule has 0 saturated heterocycles. The van der Waals surface area contributed by atoms with Gasteiger partial charge in [-0.2, -0.15) is 0 Å². The highest BCUT2D eigenvalue weighted by atomic mass is 35.5. The molecule has 0 radical (unpaired) electrons. The van der Waals surface area contributed by atoms with Crippen LogP contribution in [0, 0.1) is 10.1 Å².